The van der Waals surface area contributed by atoms with Crippen molar-refractivity contribution in [3.63, 3.8) is 0 Å². The van der Waals surface area contributed by atoms with Crippen LogP contribution in [0.4, 0.5) is 0 Å². The fourth-order valence-electron chi connectivity index (χ4n) is 4.97. The second kappa shape index (κ2) is 13.7. The van der Waals surface area contributed by atoms with Crippen LogP contribution in [-0.2, 0) is 35.1 Å². The second-order valence-corrected chi connectivity index (χ2v) is 11.4. The molecule has 220 valence electrons. The van der Waals surface area contributed by atoms with Crippen molar-refractivity contribution in [2.24, 2.45) is 5.73 Å². The minimum absolute atomic E-state index is 0.0752. The maximum absolute atomic E-state index is 13.5. The Kier molecular flexibility index (Phi) is 10.6. The number of ether oxygens (including phenoxy) is 1. The van der Waals surface area contributed by atoms with Crippen LogP contribution < -0.4 is 21.7 Å². The molecule has 12 nitrogen and oxygen atoms in total. The molecular weight excluding hydrogens is 518 g/mol. The Balaban J connectivity index is 1.79. The molecule has 1 aromatic carbocycles. The number of aliphatic hydroxyl groups is 1. The summed E-state index contributed by atoms with van der Waals surface area (Å²) in [6.45, 7) is 6.11. The van der Waals surface area contributed by atoms with Crippen molar-refractivity contribution in [3.8, 4) is 0 Å². The number of esters is 1. The van der Waals surface area contributed by atoms with Gasteiger partial charge in [-0.25, -0.2) is 4.79 Å². The lowest BCUT2D eigenvalue weighted by Gasteiger charge is -2.32. The van der Waals surface area contributed by atoms with Gasteiger partial charge in [0.25, 0.3) is 5.91 Å². The molecule has 2 aliphatic heterocycles. The van der Waals surface area contributed by atoms with Crippen LogP contribution in [0.15, 0.2) is 30.3 Å². The molecule has 4 amide bonds. The molecular formula is C28H41N5O7. The van der Waals surface area contributed by atoms with Gasteiger partial charge in [-0.1, -0.05) is 30.3 Å². The van der Waals surface area contributed by atoms with Crippen LogP contribution in [0.3, 0.4) is 0 Å². The summed E-state index contributed by atoms with van der Waals surface area (Å²) >= 11 is 0. The lowest BCUT2D eigenvalue weighted by atomic mass is 9.99. The topological polar surface area (TPSA) is 180 Å². The van der Waals surface area contributed by atoms with Crippen molar-refractivity contribution in [2.45, 2.75) is 95.2 Å². The third-order valence-electron chi connectivity index (χ3n) is 6.89. The zero-order valence-electron chi connectivity index (χ0n) is 23.4. The molecule has 0 radical (unpaired) electrons. The van der Waals surface area contributed by atoms with Crippen LogP contribution in [0.25, 0.3) is 0 Å². The van der Waals surface area contributed by atoms with Crippen molar-refractivity contribution in [3.05, 3.63) is 35.9 Å². The molecule has 3 rings (SSSR count). The average Bonchev–Trinajstić information content (AvgIpc) is 3.59. The molecule has 0 aliphatic carbocycles. The molecule has 1 aromatic rings. The van der Waals surface area contributed by atoms with Crippen LogP contribution in [0.2, 0.25) is 0 Å². The van der Waals surface area contributed by atoms with E-state index in [0.717, 1.165) is 12.0 Å². The lowest BCUT2D eigenvalue weighted by molar-refractivity contribution is -0.165. The summed E-state index contributed by atoms with van der Waals surface area (Å²) in [5.41, 5.74) is 5.34. The number of likely N-dealkylation sites (tertiary alicyclic amines) is 1. The van der Waals surface area contributed by atoms with Crippen molar-refractivity contribution in [1.29, 1.82) is 0 Å². The SMILES string of the molecule is CC(C)(C)OC(=O)[C@@H]1CCCN1C(=O)C(O)C(Cc1ccccc1)NC(=O)[C@H](CC(N)=O)NC(=O)[C@@H]1CCCN1. The van der Waals surface area contributed by atoms with Gasteiger partial charge in [-0.15, -0.1) is 0 Å². The number of nitrogens with zero attached hydrogens (tertiary/aromatic N) is 1. The number of amides is 4. The zero-order valence-corrected chi connectivity index (χ0v) is 23.4. The molecule has 0 saturated carbocycles. The molecule has 40 heavy (non-hydrogen) atoms. The molecule has 2 saturated heterocycles. The average molecular weight is 560 g/mol. The smallest absolute Gasteiger partial charge is 0.329 e. The minimum Gasteiger partial charge on any atom is -0.458 e. The molecule has 2 fully saturated rings. The molecule has 0 spiro atoms. The molecule has 2 heterocycles. The molecule has 0 aromatic heterocycles. The number of aliphatic hydroxyl groups excluding tert-OH is 1. The van der Waals surface area contributed by atoms with Gasteiger partial charge in [0.1, 0.15) is 17.7 Å². The fourth-order valence-corrected chi connectivity index (χ4v) is 4.97. The van der Waals surface area contributed by atoms with E-state index in [1.54, 1.807) is 45.0 Å². The number of hydrogen-bond donors (Lipinski definition) is 5. The van der Waals surface area contributed by atoms with E-state index in [1.807, 2.05) is 6.07 Å². The Hall–Kier alpha value is -3.51. The summed E-state index contributed by atoms with van der Waals surface area (Å²) in [6.07, 6.45) is 0.248. The van der Waals surface area contributed by atoms with Crippen LogP contribution in [0.1, 0.15) is 58.4 Å². The van der Waals surface area contributed by atoms with Gasteiger partial charge in [0.15, 0.2) is 6.10 Å². The predicted octanol–water partition coefficient (Wildman–Crippen LogP) is -0.480. The predicted molar refractivity (Wildman–Crippen MR) is 145 cm³/mol. The van der Waals surface area contributed by atoms with E-state index >= 15 is 0 Å². The summed E-state index contributed by atoms with van der Waals surface area (Å²) in [5.74, 6) is -3.28. The van der Waals surface area contributed by atoms with Gasteiger partial charge in [-0.05, 0) is 65.0 Å². The maximum Gasteiger partial charge on any atom is 0.329 e. The first kappa shape index (κ1) is 31.0. The molecule has 2 unspecified atom stereocenters. The molecule has 0 bridgehead atoms. The van der Waals surface area contributed by atoms with Crippen molar-refractivity contribution in [2.75, 3.05) is 13.1 Å². The van der Waals surface area contributed by atoms with Crippen LogP contribution in [-0.4, -0.2) is 88.6 Å². The summed E-state index contributed by atoms with van der Waals surface area (Å²) < 4.78 is 5.48. The van der Waals surface area contributed by atoms with Crippen LogP contribution >= 0.6 is 0 Å². The Morgan fingerprint density at radius 1 is 1.10 bits per heavy atom. The Labute approximate surface area is 234 Å². The highest BCUT2D eigenvalue weighted by molar-refractivity contribution is 5.94. The van der Waals surface area contributed by atoms with Gasteiger partial charge in [-0.2, -0.15) is 0 Å². The third kappa shape index (κ3) is 8.75. The highest BCUT2D eigenvalue weighted by Gasteiger charge is 2.42. The standard InChI is InChI=1S/C28H41N5O7/c1-28(2,3)40-27(39)21-12-8-14-33(21)26(38)23(35)19(15-17-9-5-4-6-10-17)31-25(37)20(16-22(29)34)32-24(36)18-11-7-13-30-18/h4-6,9-10,18-21,23,30,35H,7-8,11-16H2,1-3H3,(H2,29,34)(H,31,37)(H,32,36)/t18-,19?,20-,21-,23?/m0/s1. The van der Waals surface area contributed by atoms with E-state index in [9.17, 15) is 29.1 Å². The van der Waals surface area contributed by atoms with Crippen LogP contribution in [0, 0.1) is 0 Å². The number of benzene rings is 1. The molecule has 12 heteroatoms. The van der Waals surface area contributed by atoms with E-state index in [4.69, 9.17) is 10.5 Å². The Morgan fingerprint density at radius 2 is 1.80 bits per heavy atom. The summed E-state index contributed by atoms with van der Waals surface area (Å²) in [5, 5.41) is 19.5. The van der Waals surface area contributed by atoms with Gasteiger partial charge in [0, 0.05) is 6.54 Å². The first-order chi connectivity index (χ1) is 18.9. The number of nitrogens with two attached hydrogens (primary N) is 1. The number of carbonyl (C=O) groups excluding carboxylic acids is 5. The quantitative estimate of drug-likeness (QED) is 0.225. The van der Waals surface area contributed by atoms with E-state index in [1.165, 1.54) is 4.90 Å². The second-order valence-electron chi connectivity index (χ2n) is 11.4. The van der Waals surface area contributed by atoms with Gasteiger partial charge in [0.05, 0.1) is 18.5 Å². The van der Waals surface area contributed by atoms with E-state index in [0.29, 0.717) is 25.8 Å². The lowest BCUT2D eigenvalue weighted by Crippen LogP contribution is -2.59. The van der Waals surface area contributed by atoms with Crippen LogP contribution in [0.5, 0.6) is 0 Å². The molecule has 6 N–H and O–H groups in total. The summed E-state index contributed by atoms with van der Waals surface area (Å²) in [6, 6.07) is 5.18. The van der Waals surface area contributed by atoms with Gasteiger partial charge < -0.3 is 36.4 Å². The maximum atomic E-state index is 13.5. The molecule has 2 aliphatic rings. The number of rotatable bonds is 11. The fraction of sp³-hybridized carbons (Fsp3) is 0.607. The summed E-state index contributed by atoms with van der Waals surface area (Å²) in [4.78, 5) is 65.3. The van der Waals surface area contributed by atoms with Gasteiger partial charge in [-0.3, -0.25) is 19.2 Å². The van der Waals surface area contributed by atoms with E-state index in [-0.39, 0.29) is 13.0 Å². The highest BCUT2D eigenvalue weighted by Crippen LogP contribution is 2.23. The first-order valence-corrected chi connectivity index (χ1v) is 13.7. The van der Waals surface area contributed by atoms with Crippen molar-refractivity contribution >= 4 is 29.6 Å². The molecule has 5 atom stereocenters. The van der Waals surface area contributed by atoms with E-state index < -0.39 is 71.9 Å². The largest absolute Gasteiger partial charge is 0.458 e. The monoisotopic (exact) mass is 559 g/mol. The van der Waals surface area contributed by atoms with Crippen molar-refractivity contribution in [1.82, 2.24) is 20.9 Å². The first-order valence-electron chi connectivity index (χ1n) is 13.7. The number of primary amides is 1. The Bertz CT molecular complexity index is 1070. The summed E-state index contributed by atoms with van der Waals surface area (Å²) in [7, 11) is 0. The van der Waals surface area contributed by atoms with Gasteiger partial charge in [0.2, 0.25) is 17.7 Å². The number of nitrogens with one attached hydrogen (secondary N) is 3. The minimum atomic E-state index is -1.71. The number of carbonyl (C=O) groups is 5. The number of hydrogen-bond acceptors (Lipinski definition) is 8. The third-order valence-corrected chi connectivity index (χ3v) is 6.89. The van der Waals surface area contributed by atoms with Crippen molar-refractivity contribution < 1.29 is 33.8 Å². The normalized spacial score (nSPS) is 21.2. The highest BCUT2D eigenvalue weighted by atomic mass is 16.6. The van der Waals surface area contributed by atoms with E-state index in [2.05, 4.69) is 16.0 Å². The van der Waals surface area contributed by atoms with Gasteiger partial charge >= 0.3 is 5.97 Å². The Morgan fingerprint density at radius 3 is 2.40 bits per heavy atom. The zero-order chi connectivity index (χ0) is 29.4.